The molecule has 0 saturated carbocycles. The lowest BCUT2D eigenvalue weighted by Crippen LogP contribution is -2.41. The molecular formula is C25H33N3O4. The molecule has 2 heterocycles. The van der Waals surface area contributed by atoms with Crippen LogP contribution in [0.5, 0.6) is 0 Å². The Morgan fingerprint density at radius 3 is 2.31 bits per heavy atom. The zero-order chi connectivity index (χ0) is 23.8. The van der Waals surface area contributed by atoms with Gasteiger partial charge in [-0.15, -0.1) is 0 Å². The third-order valence-corrected chi connectivity index (χ3v) is 6.36. The number of ketones is 1. The molecule has 2 atom stereocenters. The van der Waals surface area contributed by atoms with E-state index in [-0.39, 0.29) is 18.4 Å². The molecule has 3 amide bonds. The number of ether oxygens (including phenoxy) is 1. The third-order valence-electron chi connectivity index (χ3n) is 6.36. The van der Waals surface area contributed by atoms with Crippen LogP contribution in [0.1, 0.15) is 72.5 Å². The van der Waals surface area contributed by atoms with Gasteiger partial charge in [-0.1, -0.05) is 38.1 Å². The van der Waals surface area contributed by atoms with Crippen LogP contribution in [0.3, 0.4) is 0 Å². The van der Waals surface area contributed by atoms with Crippen LogP contribution in [0.2, 0.25) is 0 Å². The second-order valence-corrected chi connectivity index (χ2v) is 9.11. The first kappa shape index (κ1) is 23.7. The number of amides is 3. The minimum Gasteiger partial charge on any atom is -0.383 e. The molecule has 0 spiro atoms. The number of methoxy groups -OCH3 is 1. The van der Waals surface area contributed by atoms with Crippen molar-refractivity contribution in [3.63, 3.8) is 0 Å². The van der Waals surface area contributed by atoms with Crippen molar-refractivity contribution in [2.75, 3.05) is 20.3 Å². The number of hydrogen-bond acceptors (Lipinski definition) is 4. The van der Waals surface area contributed by atoms with Crippen LogP contribution in [0.4, 0.5) is 4.79 Å². The van der Waals surface area contributed by atoms with Crippen molar-refractivity contribution in [2.45, 2.75) is 59.0 Å². The van der Waals surface area contributed by atoms with Gasteiger partial charge in [0.25, 0.3) is 5.91 Å². The smallest absolute Gasteiger partial charge is 0.325 e. The van der Waals surface area contributed by atoms with E-state index in [1.165, 1.54) is 0 Å². The van der Waals surface area contributed by atoms with Gasteiger partial charge in [0.2, 0.25) is 0 Å². The van der Waals surface area contributed by atoms with E-state index in [1.54, 1.807) is 14.0 Å². The number of urea groups is 1. The van der Waals surface area contributed by atoms with Crippen molar-refractivity contribution >= 4 is 17.7 Å². The highest BCUT2D eigenvalue weighted by molar-refractivity contribution is 6.11. The Morgan fingerprint density at radius 2 is 1.75 bits per heavy atom. The minimum absolute atomic E-state index is 0.0652. The molecule has 1 aliphatic rings. The van der Waals surface area contributed by atoms with Gasteiger partial charge in [0.1, 0.15) is 5.54 Å². The fraction of sp³-hybridized carbons (Fsp3) is 0.480. The number of hydrogen-bond donors (Lipinski definition) is 1. The molecule has 1 saturated heterocycles. The largest absolute Gasteiger partial charge is 0.383 e. The number of imide groups is 1. The van der Waals surface area contributed by atoms with Crippen LogP contribution in [-0.2, 0) is 15.1 Å². The molecule has 0 radical (unpaired) electrons. The summed E-state index contributed by atoms with van der Waals surface area (Å²) in [6, 6.07) is 8.98. The summed E-state index contributed by atoms with van der Waals surface area (Å²) >= 11 is 0. The lowest BCUT2D eigenvalue weighted by Gasteiger charge is -2.22. The molecule has 32 heavy (non-hydrogen) atoms. The van der Waals surface area contributed by atoms with Gasteiger partial charge in [0, 0.05) is 24.1 Å². The summed E-state index contributed by atoms with van der Waals surface area (Å²) in [5.74, 6) is -0.322. The van der Waals surface area contributed by atoms with Crippen LogP contribution in [-0.4, -0.2) is 47.4 Å². The minimum atomic E-state index is -1.20. The number of benzene rings is 1. The van der Waals surface area contributed by atoms with Crippen molar-refractivity contribution in [3.8, 4) is 0 Å². The number of Topliss-reactive ketones (excluding diaryl/α,β-unsaturated/α-hetero) is 1. The number of rotatable bonds is 8. The van der Waals surface area contributed by atoms with Gasteiger partial charge < -0.3 is 14.6 Å². The number of nitrogens with zero attached hydrogens (tertiary/aromatic N) is 2. The third kappa shape index (κ3) is 4.09. The first-order chi connectivity index (χ1) is 15.0. The van der Waals surface area contributed by atoms with Gasteiger partial charge in [0.15, 0.2) is 5.78 Å². The fourth-order valence-electron chi connectivity index (χ4n) is 4.52. The van der Waals surface area contributed by atoms with Crippen LogP contribution in [0, 0.1) is 13.8 Å². The normalized spacial score (nSPS) is 19.6. The standard InChI is InChI=1S/C25H33N3O4/c1-15(2)19-8-10-20(11-9-19)25(6)23(30)27(24(31)26-25)13-22(29)21-12-16(3)28(18(21)5)17(4)14-32-7/h8-12,15,17H,13-14H2,1-7H3,(H,26,31). The molecular weight excluding hydrogens is 406 g/mol. The van der Waals surface area contributed by atoms with Gasteiger partial charge in [-0.05, 0) is 50.8 Å². The van der Waals surface area contributed by atoms with E-state index in [0.717, 1.165) is 21.9 Å². The van der Waals surface area contributed by atoms with Gasteiger partial charge in [0.05, 0.1) is 19.2 Å². The van der Waals surface area contributed by atoms with Crippen LogP contribution in [0.25, 0.3) is 0 Å². The molecule has 1 aliphatic heterocycles. The zero-order valence-electron chi connectivity index (χ0n) is 20.0. The van der Waals surface area contributed by atoms with E-state index in [2.05, 4.69) is 19.2 Å². The Bertz CT molecular complexity index is 1040. The van der Waals surface area contributed by atoms with Crippen molar-refractivity contribution in [1.29, 1.82) is 0 Å². The summed E-state index contributed by atoms with van der Waals surface area (Å²) in [6.07, 6.45) is 0. The Morgan fingerprint density at radius 1 is 1.12 bits per heavy atom. The molecule has 1 aromatic carbocycles. The van der Waals surface area contributed by atoms with E-state index in [9.17, 15) is 14.4 Å². The van der Waals surface area contributed by atoms with Crippen molar-refractivity contribution in [3.05, 3.63) is 58.4 Å². The van der Waals surface area contributed by atoms with Crippen LogP contribution >= 0.6 is 0 Å². The van der Waals surface area contributed by atoms with Crippen molar-refractivity contribution in [1.82, 2.24) is 14.8 Å². The highest BCUT2D eigenvalue weighted by Gasteiger charge is 2.49. The summed E-state index contributed by atoms with van der Waals surface area (Å²) in [4.78, 5) is 40.1. The predicted octanol–water partition coefficient (Wildman–Crippen LogP) is 4.09. The Hall–Kier alpha value is -2.93. The molecule has 2 aromatic rings. The molecule has 0 aliphatic carbocycles. The van der Waals surface area contributed by atoms with E-state index < -0.39 is 17.5 Å². The van der Waals surface area contributed by atoms with Crippen LogP contribution in [0.15, 0.2) is 30.3 Å². The monoisotopic (exact) mass is 439 g/mol. The first-order valence-corrected chi connectivity index (χ1v) is 11.0. The lowest BCUT2D eigenvalue weighted by molar-refractivity contribution is -0.130. The molecule has 1 N–H and O–H groups in total. The van der Waals surface area contributed by atoms with Crippen molar-refractivity contribution < 1.29 is 19.1 Å². The molecule has 172 valence electrons. The van der Waals surface area contributed by atoms with Gasteiger partial charge in [-0.25, -0.2) is 4.79 Å². The molecule has 2 unspecified atom stereocenters. The summed E-state index contributed by atoms with van der Waals surface area (Å²) in [6.45, 7) is 11.9. The second-order valence-electron chi connectivity index (χ2n) is 9.11. The number of nitrogens with one attached hydrogen (secondary N) is 1. The quantitative estimate of drug-likeness (QED) is 0.496. The summed E-state index contributed by atoms with van der Waals surface area (Å²) in [5, 5.41) is 2.78. The fourth-order valence-corrected chi connectivity index (χ4v) is 4.52. The Labute approximate surface area is 189 Å². The molecule has 1 aromatic heterocycles. The van der Waals surface area contributed by atoms with Crippen LogP contribution < -0.4 is 5.32 Å². The van der Waals surface area contributed by atoms with E-state index in [4.69, 9.17) is 4.74 Å². The average Bonchev–Trinajstić information content (AvgIpc) is 3.16. The Kier molecular flexibility index (Phi) is 6.60. The molecule has 0 bridgehead atoms. The lowest BCUT2D eigenvalue weighted by atomic mass is 9.90. The maximum Gasteiger partial charge on any atom is 0.325 e. The van der Waals surface area contributed by atoms with E-state index in [1.807, 2.05) is 55.7 Å². The molecule has 7 nitrogen and oxygen atoms in total. The summed E-state index contributed by atoms with van der Waals surface area (Å²) in [5.41, 5.74) is 2.90. The van der Waals surface area contributed by atoms with Gasteiger partial charge in [-0.3, -0.25) is 14.5 Å². The summed E-state index contributed by atoms with van der Waals surface area (Å²) < 4.78 is 7.29. The van der Waals surface area contributed by atoms with E-state index in [0.29, 0.717) is 23.7 Å². The average molecular weight is 440 g/mol. The predicted molar refractivity (Wildman–Crippen MR) is 123 cm³/mol. The SMILES string of the molecule is COCC(C)n1c(C)cc(C(=O)CN2C(=O)NC(C)(c3ccc(C(C)C)cc3)C2=O)c1C. The highest BCUT2D eigenvalue weighted by Crippen LogP contribution is 2.30. The molecule has 7 heteroatoms. The maximum atomic E-state index is 13.2. The van der Waals surface area contributed by atoms with Gasteiger partial charge >= 0.3 is 6.03 Å². The van der Waals surface area contributed by atoms with E-state index >= 15 is 0 Å². The topological polar surface area (TPSA) is 80.6 Å². The number of carbonyl (C=O) groups is 3. The molecule has 3 rings (SSSR count). The maximum absolute atomic E-state index is 13.2. The number of aromatic nitrogens is 1. The zero-order valence-corrected chi connectivity index (χ0v) is 20.0. The van der Waals surface area contributed by atoms with Crippen molar-refractivity contribution in [2.24, 2.45) is 0 Å². The summed E-state index contributed by atoms with van der Waals surface area (Å²) in [7, 11) is 1.64. The molecule has 1 fully saturated rings. The van der Waals surface area contributed by atoms with Gasteiger partial charge in [-0.2, -0.15) is 0 Å². The highest BCUT2D eigenvalue weighted by atomic mass is 16.5. The first-order valence-electron chi connectivity index (χ1n) is 11.0. The second kappa shape index (κ2) is 8.90. The number of aryl methyl sites for hydroxylation is 1. The Balaban J connectivity index is 1.83. The number of carbonyl (C=O) groups excluding carboxylic acids is 3.